The average Bonchev–Trinajstić information content (AvgIpc) is 2.99. The van der Waals surface area contributed by atoms with E-state index in [1.165, 1.54) is 0 Å². The maximum absolute atomic E-state index is 13.1. The van der Waals surface area contributed by atoms with Gasteiger partial charge in [-0.2, -0.15) is 5.01 Å². The molecule has 152 valence electrons. The zero-order chi connectivity index (χ0) is 20.9. The van der Waals surface area contributed by atoms with Crippen molar-refractivity contribution in [1.29, 1.82) is 0 Å². The van der Waals surface area contributed by atoms with Crippen LogP contribution >= 0.6 is 0 Å². The standard InChI is InChI=1S/C22H26N4O3/c1-3-22(18-13-9-6-10-14-18)20(28)26(21(29)23-22)24-19(27)16-25(4-2)15-17-11-7-5-8-12-17/h5-14H,3-4,15-16H2,1-2H3,(H,23,29)(H,24,27)/t22-/m1/s1. The monoisotopic (exact) mass is 394 g/mol. The molecule has 7 nitrogen and oxygen atoms in total. The number of nitrogens with one attached hydrogen (secondary N) is 2. The van der Waals surface area contributed by atoms with Gasteiger partial charge in [-0.1, -0.05) is 74.5 Å². The predicted octanol–water partition coefficient (Wildman–Crippen LogP) is 2.40. The van der Waals surface area contributed by atoms with E-state index in [2.05, 4.69) is 10.7 Å². The highest BCUT2D eigenvalue weighted by Crippen LogP contribution is 2.31. The molecule has 1 heterocycles. The smallest absolute Gasteiger partial charge is 0.318 e. The van der Waals surface area contributed by atoms with E-state index >= 15 is 0 Å². The normalized spacial score (nSPS) is 18.8. The van der Waals surface area contributed by atoms with Crippen molar-refractivity contribution >= 4 is 17.8 Å². The third-order valence-electron chi connectivity index (χ3n) is 5.19. The van der Waals surface area contributed by atoms with Crippen molar-refractivity contribution < 1.29 is 14.4 Å². The second kappa shape index (κ2) is 8.87. The van der Waals surface area contributed by atoms with Gasteiger partial charge in [0.2, 0.25) is 0 Å². The number of benzene rings is 2. The fourth-order valence-corrected chi connectivity index (χ4v) is 3.52. The van der Waals surface area contributed by atoms with Crippen LogP contribution in [0.25, 0.3) is 0 Å². The third kappa shape index (κ3) is 4.30. The SMILES string of the molecule is CCN(CC(=O)NN1C(=O)N[C@](CC)(c2ccccc2)C1=O)Cc1ccccc1. The molecule has 0 aromatic heterocycles. The van der Waals surface area contributed by atoms with Crippen molar-refractivity contribution in [2.45, 2.75) is 32.4 Å². The number of amides is 4. The van der Waals surface area contributed by atoms with E-state index in [0.717, 1.165) is 10.6 Å². The summed E-state index contributed by atoms with van der Waals surface area (Å²) in [4.78, 5) is 40.0. The van der Waals surface area contributed by atoms with Gasteiger partial charge in [0, 0.05) is 6.54 Å². The molecule has 1 aliphatic heterocycles. The third-order valence-corrected chi connectivity index (χ3v) is 5.19. The molecule has 2 aromatic carbocycles. The minimum atomic E-state index is -1.17. The van der Waals surface area contributed by atoms with Crippen molar-refractivity contribution in [2.75, 3.05) is 13.1 Å². The lowest BCUT2D eigenvalue weighted by molar-refractivity contribution is -0.139. The first kappa shape index (κ1) is 20.5. The van der Waals surface area contributed by atoms with Gasteiger partial charge in [0.1, 0.15) is 5.54 Å². The molecule has 3 rings (SSSR count). The minimum absolute atomic E-state index is 0.0763. The molecule has 29 heavy (non-hydrogen) atoms. The predicted molar refractivity (Wildman–Crippen MR) is 109 cm³/mol. The van der Waals surface area contributed by atoms with E-state index in [1.807, 2.05) is 67.3 Å². The number of hydrazine groups is 1. The summed E-state index contributed by atoms with van der Waals surface area (Å²) >= 11 is 0. The highest BCUT2D eigenvalue weighted by atomic mass is 16.2. The van der Waals surface area contributed by atoms with Crippen LogP contribution < -0.4 is 10.7 Å². The van der Waals surface area contributed by atoms with E-state index in [1.54, 1.807) is 12.1 Å². The topological polar surface area (TPSA) is 81.8 Å². The van der Waals surface area contributed by atoms with Crippen molar-refractivity contribution in [1.82, 2.24) is 20.7 Å². The van der Waals surface area contributed by atoms with Gasteiger partial charge in [0.05, 0.1) is 6.54 Å². The van der Waals surface area contributed by atoms with Crippen LogP contribution in [0.1, 0.15) is 31.4 Å². The number of hydrogen-bond donors (Lipinski definition) is 2. The number of rotatable bonds is 8. The largest absolute Gasteiger partial charge is 0.344 e. The van der Waals surface area contributed by atoms with Crippen LogP contribution in [-0.4, -0.2) is 40.8 Å². The van der Waals surface area contributed by atoms with Crippen molar-refractivity contribution in [2.24, 2.45) is 0 Å². The molecule has 0 bridgehead atoms. The Morgan fingerprint density at radius 1 is 1.03 bits per heavy atom. The summed E-state index contributed by atoms with van der Waals surface area (Å²) in [6, 6.07) is 18.3. The van der Waals surface area contributed by atoms with Crippen LogP contribution in [0, 0.1) is 0 Å². The van der Waals surface area contributed by atoms with E-state index in [9.17, 15) is 14.4 Å². The Hall–Kier alpha value is -3.19. The summed E-state index contributed by atoms with van der Waals surface area (Å²) in [6.45, 7) is 5.13. The lowest BCUT2D eigenvalue weighted by Crippen LogP contribution is -2.51. The summed E-state index contributed by atoms with van der Waals surface area (Å²) < 4.78 is 0. The minimum Gasteiger partial charge on any atom is -0.318 e. The number of urea groups is 1. The summed E-state index contributed by atoms with van der Waals surface area (Å²) in [5.74, 6) is -0.887. The molecule has 0 saturated carbocycles. The molecule has 1 saturated heterocycles. The van der Waals surface area contributed by atoms with Gasteiger partial charge in [0.25, 0.3) is 11.8 Å². The highest BCUT2D eigenvalue weighted by Gasteiger charge is 2.52. The first-order chi connectivity index (χ1) is 14.0. The zero-order valence-electron chi connectivity index (χ0n) is 16.7. The van der Waals surface area contributed by atoms with Crippen LogP contribution in [0.5, 0.6) is 0 Å². The van der Waals surface area contributed by atoms with Crippen LogP contribution in [0.3, 0.4) is 0 Å². The number of imide groups is 1. The molecule has 7 heteroatoms. The second-order valence-electron chi connectivity index (χ2n) is 7.02. The van der Waals surface area contributed by atoms with Gasteiger partial charge in [-0.15, -0.1) is 0 Å². The summed E-state index contributed by atoms with van der Waals surface area (Å²) in [7, 11) is 0. The average molecular weight is 394 g/mol. The summed E-state index contributed by atoms with van der Waals surface area (Å²) in [5.41, 5.74) is 3.09. The fraction of sp³-hybridized carbons (Fsp3) is 0.318. The fourth-order valence-electron chi connectivity index (χ4n) is 3.52. The quantitative estimate of drug-likeness (QED) is 0.674. The molecular weight excluding hydrogens is 368 g/mol. The summed E-state index contributed by atoms with van der Waals surface area (Å²) in [5, 5.41) is 3.56. The Labute approximate surface area is 170 Å². The lowest BCUT2D eigenvalue weighted by Gasteiger charge is -2.26. The molecule has 1 aliphatic rings. The van der Waals surface area contributed by atoms with Crippen LogP contribution in [0.2, 0.25) is 0 Å². The first-order valence-corrected chi connectivity index (χ1v) is 9.78. The number of nitrogens with zero attached hydrogens (tertiary/aromatic N) is 2. The molecule has 0 aliphatic carbocycles. The van der Waals surface area contributed by atoms with E-state index in [-0.39, 0.29) is 6.54 Å². The van der Waals surface area contributed by atoms with Crippen molar-refractivity contribution in [3.63, 3.8) is 0 Å². The highest BCUT2D eigenvalue weighted by molar-refractivity contribution is 6.08. The van der Waals surface area contributed by atoms with E-state index in [4.69, 9.17) is 0 Å². The molecule has 1 fully saturated rings. The van der Waals surface area contributed by atoms with Crippen molar-refractivity contribution in [3.05, 3.63) is 71.8 Å². The Balaban J connectivity index is 1.68. The maximum Gasteiger partial charge on any atom is 0.344 e. The second-order valence-corrected chi connectivity index (χ2v) is 7.02. The Morgan fingerprint density at radius 2 is 1.66 bits per heavy atom. The molecule has 1 atom stereocenters. The van der Waals surface area contributed by atoms with Crippen LogP contribution in [0.15, 0.2) is 60.7 Å². The van der Waals surface area contributed by atoms with Gasteiger partial charge in [-0.25, -0.2) is 4.79 Å². The number of hydrogen-bond acceptors (Lipinski definition) is 4. The Kier molecular flexibility index (Phi) is 6.29. The Bertz CT molecular complexity index is 872. The lowest BCUT2D eigenvalue weighted by atomic mass is 9.87. The number of carbonyl (C=O) groups is 3. The van der Waals surface area contributed by atoms with Gasteiger partial charge < -0.3 is 5.32 Å². The van der Waals surface area contributed by atoms with Gasteiger partial charge in [0.15, 0.2) is 0 Å². The van der Waals surface area contributed by atoms with Crippen molar-refractivity contribution in [3.8, 4) is 0 Å². The maximum atomic E-state index is 13.1. The molecule has 4 amide bonds. The number of likely N-dealkylation sites (N-methyl/N-ethyl adjacent to an activating group) is 1. The van der Waals surface area contributed by atoms with Crippen LogP contribution in [0.4, 0.5) is 4.79 Å². The number of carbonyl (C=O) groups excluding carboxylic acids is 3. The Morgan fingerprint density at radius 3 is 2.24 bits per heavy atom. The van der Waals surface area contributed by atoms with E-state index in [0.29, 0.717) is 25.1 Å². The van der Waals surface area contributed by atoms with Gasteiger partial charge >= 0.3 is 6.03 Å². The van der Waals surface area contributed by atoms with Gasteiger partial charge in [-0.3, -0.25) is 19.9 Å². The summed E-state index contributed by atoms with van der Waals surface area (Å²) in [6.07, 6.45) is 0.378. The van der Waals surface area contributed by atoms with Gasteiger partial charge in [-0.05, 0) is 24.1 Å². The first-order valence-electron chi connectivity index (χ1n) is 9.78. The zero-order valence-corrected chi connectivity index (χ0v) is 16.7. The molecule has 2 aromatic rings. The molecular formula is C22H26N4O3. The molecule has 0 spiro atoms. The van der Waals surface area contributed by atoms with E-state index < -0.39 is 23.4 Å². The molecule has 2 N–H and O–H groups in total. The van der Waals surface area contributed by atoms with Crippen LogP contribution in [-0.2, 0) is 21.7 Å². The molecule has 0 unspecified atom stereocenters. The molecule has 0 radical (unpaired) electrons.